The summed E-state index contributed by atoms with van der Waals surface area (Å²) in [5.41, 5.74) is 11.3. The van der Waals surface area contributed by atoms with Crippen LogP contribution in [0, 0.1) is 0 Å². The molecule has 0 saturated carbocycles. The molecule has 1 aliphatic heterocycles. The number of aliphatic hydroxyl groups excluding tert-OH is 1. The van der Waals surface area contributed by atoms with Gasteiger partial charge in [0.1, 0.15) is 5.84 Å². The maximum atomic E-state index is 13.2. The molecule has 2 aliphatic rings. The first-order valence-corrected chi connectivity index (χ1v) is 12.5. The van der Waals surface area contributed by atoms with E-state index in [1.165, 1.54) is 0 Å². The Balaban J connectivity index is 1.56. The van der Waals surface area contributed by atoms with Crippen LogP contribution in [0.3, 0.4) is 0 Å². The third-order valence-electron chi connectivity index (χ3n) is 6.49. The molecule has 0 radical (unpaired) electrons. The molecule has 1 atom stereocenters. The number of nitrogens with one attached hydrogen (secondary N) is 1. The quantitative estimate of drug-likeness (QED) is 0.539. The lowest BCUT2D eigenvalue weighted by Crippen LogP contribution is -2.34. The molecule has 1 unspecified atom stereocenters. The van der Waals surface area contributed by atoms with E-state index in [0.717, 1.165) is 48.8 Å². The zero-order valence-electron chi connectivity index (χ0n) is 20.5. The first kappa shape index (κ1) is 24.7. The molecule has 2 aromatic rings. The van der Waals surface area contributed by atoms with Gasteiger partial charge in [-0.25, -0.2) is 4.99 Å². The Hall–Kier alpha value is -3.45. The number of fused-ring (bicyclic) bond motifs is 2. The van der Waals surface area contributed by atoms with E-state index < -0.39 is 6.10 Å². The second kappa shape index (κ2) is 10.9. The zero-order chi connectivity index (χ0) is 24.9. The zero-order valence-corrected chi connectivity index (χ0v) is 20.5. The Labute approximate surface area is 206 Å². The average Bonchev–Trinajstić information content (AvgIpc) is 3.01. The molecule has 4 N–H and O–H groups in total. The maximum Gasteiger partial charge on any atom is 0.255 e. The molecule has 0 fully saturated rings. The fourth-order valence-electron chi connectivity index (χ4n) is 4.80. The fraction of sp³-hybridized carbons (Fsp3) is 0.393. The number of nitrogens with zero attached hydrogens (tertiary/aromatic N) is 2. The Morgan fingerprint density at radius 1 is 1.14 bits per heavy atom. The predicted octanol–water partition coefficient (Wildman–Crippen LogP) is 4.73. The van der Waals surface area contributed by atoms with Crippen molar-refractivity contribution in [3.63, 3.8) is 0 Å². The van der Waals surface area contributed by atoms with Crippen molar-refractivity contribution in [2.75, 3.05) is 18.4 Å². The highest BCUT2D eigenvalue weighted by atomic mass is 16.3. The Bertz CT molecular complexity index is 1180. The van der Waals surface area contributed by atoms with Crippen molar-refractivity contribution < 1.29 is 14.7 Å². The number of nitrogens with two attached hydrogens (primary N) is 1. The summed E-state index contributed by atoms with van der Waals surface area (Å²) in [5, 5.41) is 13.1. The number of hydrogen-bond donors (Lipinski definition) is 3. The van der Waals surface area contributed by atoms with Gasteiger partial charge in [0, 0.05) is 41.9 Å². The van der Waals surface area contributed by atoms with Crippen LogP contribution >= 0.6 is 0 Å². The monoisotopic (exact) mass is 474 g/mol. The van der Waals surface area contributed by atoms with E-state index in [1.807, 2.05) is 35.2 Å². The van der Waals surface area contributed by atoms with E-state index in [-0.39, 0.29) is 18.2 Å². The molecule has 184 valence electrons. The van der Waals surface area contributed by atoms with Crippen LogP contribution in [0.4, 0.5) is 11.4 Å². The first-order valence-electron chi connectivity index (χ1n) is 12.5. The number of aliphatic hydroxyl groups is 1. The van der Waals surface area contributed by atoms with Crippen molar-refractivity contribution in [1.29, 1.82) is 0 Å². The van der Waals surface area contributed by atoms with Crippen molar-refractivity contribution in [3.8, 4) is 0 Å². The van der Waals surface area contributed by atoms with Crippen LogP contribution < -0.4 is 11.1 Å². The second-order valence-corrected chi connectivity index (χ2v) is 9.29. The molecule has 4 rings (SSSR count). The SMILES string of the molecule is CCCN(CCC)C(=O)C1=Cc2ccc(C(=O)Nc3ccc4c(c3)CCCC4O)cc2N=C(N)C1. The summed E-state index contributed by atoms with van der Waals surface area (Å²) in [4.78, 5) is 32.5. The van der Waals surface area contributed by atoms with Gasteiger partial charge in [-0.3, -0.25) is 9.59 Å². The Morgan fingerprint density at radius 2 is 1.91 bits per heavy atom. The van der Waals surface area contributed by atoms with Gasteiger partial charge in [0.25, 0.3) is 5.91 Å². The van der Waals surface area contributed by atoms with Crippen molar-refractivity contribution in [2.45, 2.75) is 58.5 Å². The van der Waals surface area contributed by atoms with Crippen LogP contribution in [0.2, 0.25) is 0 Å². The molecular weight excluding hydrogens is 440 g/mol. The average molecular weight is 475 g/mol. The molecule has 7 heteroatoms. The maximum absolute atomic E-state index is 13.2. The van der Waals surface area contributed by atoms with E-state index in [9.17, 15) is 14.7 Å². The summed E-state index contributed by atoms with van der Waals surface area (Å²) in [6.45, 7) is 5.52. The van der Waals surface area contributed by atoms with Gasteiger partial charge in [-0.1, -0.05) is 26.0 Å². The number of amidine groups is 1. The number of hydrogen-bond acceptors (Lipinski definition) is 5. The molecule has 2 amide bonds. The van der Waals surface area contributed by atoms with Gasteiger partial charge < -0.3 is 21.1 Å². The van der Waals surface area contributed by atoms with Crippen molar-refractivity contribution in [3.05, 3.63) is 64.2 Å². The Kier molecular flexibility index (Phi) is 7.66. The van der Waals surface area contributed by atoms with Gasteiger partial charge in [-0.05, 0) is 73.6 Å². The van der Waals surface area contributed by atoms with Crippen LogP contribution in [-0.2, 0) is 11.2 Å². The lowest BCUT2D eigenvalue weighted by Gasteiger charge is -2.22. The normalized spacial score (nSPS) is 16.8. The lowest BCUT2D eigenvalue weighted by atomic mass is 9.89. The van der Waals surface area contributed by atoms with Crippen molar-refractivity contribution in [1.82, 2.24) is 4.90 Å². The number of carbonyl (C=O) groups is 2. The first-order chi connectivity index (χ1) is 16.9. The molecule has 0 saturated heterocycles. The van der Waals surface area contributed by atoms with Gasteiger partial charge in [-0.2, -0.15) is 0 Å². The number of anilines is 1. The minimum absolute atomic E-state index is 0.0148. The van der Waals surface area contributed by atoms with E-state index in [1.54, 1.807) is 12.1 Å². The van der Waals surface area contributed by atoms with Crippen LogP contribution in [-0.4, -0.2) is 40.7 Å². The summed E-state index contributed by atoms with van der Waals surface area (Å²) in [6.07, 6.45) is 6.07. The third-order valence-corrected chi connectivity index (χ3v) is 6.49. The molecule has 0 aromatic heterocycles. The summed E-state index contributed by atoms with van der Waals surface area (Å²) < 4.78 is 0. The van der Waals surface area contributed by atoms with E-state index in [0.29, 0.717) is 41.4 Å². The van der Waals surface area contributed by atoms with Gasteiger partial charge in [0.05, 0.1) is 11.8 Å². The van der Waals surface area contributed by atoms with E-state index in [4.69, 9.17) is 5.73 Å². The van der Waals surface area contributed by atoms with Crippen molar-refractivity contribution in [2.24, 2.45) is 10.7 Å². The molecular formula is C28H34N4O3. The summed E-state index contributed by atoms with van der Waals surface area (Å²) in [5.74, 6) is 0.0839. The largest absolute Gasteiger partial charge is 0.388 e. The molecule has 35 heavy (non-hydrogen) atoms. The third kappa shape index (κ3) is 5.62. The van der Waals surface area contributed by atoms with Gasteiger partial charge in [0.15, 0.2) is 0 Å². The summed E-state index contributed by atoms with van der Waals surface area (Å²) >= 11 is 0. The van der Waals surface area contributed by atoms with Crippen LogP contribution in [0.5, 0.6) is 0 Å². The van der Waals surface area contributed by atoms with Crippen LogP contribution in [0.15, 0.2) is 47.0 Å². The molecule has 2 aromatic carbocycles. The van der Waals surface area contributed by atoms with Crippen LogP contribution in [0.1, 0.15) is 79.1 Å². The number of benzene rings is 2. The van der Waals surface area contributed by atoms with E-state index in [2.05, 4.69) is 24.2 Å². The van der Waals surface area contributed by atoms with Gasteiger partial charge >= 0.3 is 0 Å². The summed E-state index contributed by atoms with van der Waals surface area (Å²) in [7, 11) is 0. The summed E-state index contributed by atoms with van der Waals surface area (Å²) in [6, 6.07) is 10.9. The minimum atomic E-state index is -0.433. The lowest BCUT2D eigenvalue weighted by molar-refractivity contribution is -0.127. The number of rotatable bonds is 7. The number of amides is 2. The predicted molar refractivity (Wildman–Crippen MR) is 140 cm³/mol. The van der Waals surface area contributed by atoms with Crippen LogP contribution in [0.25, 0.3) is 6.08 Å². The molecule has 0 spiro atoms. The molecule has 1 aliphatic carbocycles. The second-order valence-electron chi connectivity index (χ2n) is 9.29. The fourth-order valence-corrected chi connectivity index (χ4v) is 4.80. The highest BCUT2D eigenvalue weighted by Gasteiger charge is 2.22. The topological polar surface area (TPSA) is 108 Å². The highest BCUT2D eigenvalue weighted by molar-refractivity contribution is 6.08. The van der Waals surface area contributed by atoms with Gasteiger partial charge in [0.2, 0.25) is 5.91 Å². The number of aryl methyl sites for hydroxylation is 1. The van der Waals surface area contributed by atoms with Crippen molar-refractivity contribution >= 4 is 35.1 Å². The van der Waals surface area contributed by atoms with E-state index >= 15 is 0 Å². The number of aliphatic imine (C=N–C) groups is 1. The standard InChI is InChI=1S/C28H34N4O3/c1-3-12-32(13-4-2)28(35)21-14-19-8-9-20(16-24(19)31-26(29)17-21)27(34)30-22-10-11-23-18(15-22)6-5-7-25(23)33/h8-11,14-16,25,33H,3-7,12-13,17H2,1-2H3,(H2,29,31)(H,30,34). The highest BCUT2D eigenvalue weighted by Crippen LogP contribution is 2.32. The minimum Gasteiger partial charge on any atom is -0.388 e. The molecule has 0 bridgehead atoms. The Morgan fingerprint density at radius 3 is 2.66 bits per heavy atom. The smallest absolute Gasteiger partial charge is 0.255 e. The molecule has 1 heterocycles. The van der Waals surface area contributed by atoms with Gasteiger partial charge in [-0.15, -0.1) is 0 Å². The number of carbonyl (C=O) groups excluding carboxylic acids is 2. The molecule has 7 nitrogen and oxygen atoms in total.